The van der Waals surface area contributed by atoms with Gasteiger partial charge in [-0.25, -0.2) is 0 Å². The van der Waals surface area contributed by atoms with Crippen molar-refractivity contribution in [1.29, 1.82) is 0 Å². The summed E-state index contributed by atoms with van der Waals surface area (Å²) in [6.45, 7) is 3.60. The van der Waals surface area contributed by atoms with Gasteiger partial charge >= 0.3 is 5.97 Å². The topological polar surface area (TPSA) is 46.5 Å². The van der Waals surface area contributed by atoms with Gasteiger partial charge in [-0.05, 0) is 19.4 Å². The minimum Gasteiger partial charge on any atom is -0.465 e. The van der Waals surface area contributed by atoms with Crippen molar-refractivity contribution in [2.45, 2.75) is 24.3 Å². The maximum atomic E-state index is 11.7. The lowest BCUT2D eigenvalue weighted by Gasteiger charge is -2.23. The Bertz CT molecular complexity index is 412. The molecule has 0 heterocycles. The number of hydrogen-bond donors (Lipinski definition) is 1. The average Bonchev–Trinajstić information content (AvgIpc) is 2.37. The summed E-state index contributed by atoms with van der Waals surface area (Å²) in [6, 6.07) is 9.56. The lowest BCUT2D eigenvalue weighted by Crippen LogP contribution is -2.41. The Balaban J connectivity index is 2.72. The largest absolute Gasteiger partial charge is 0.465 e. The second kappa shape index (κ2) is 6.71. The van der Waals surface area contributed by atoms with Gasteiger partial charge in [0.15, 0.2) is 0 Å². The molecule has 1 N–H and O–H groups in total. The predicted octanol–water partition coefficient (Wildman–Crippen LogP) is 2.78. The Kier molecular flexibility index (Phi) is 5.56. The predicted molar refractivity (Wildman–Crippen MR) is 75.4 cm³/mol. The summed E-state index contributed by atoms with van der Waals surface area (Å²) in [5.41, 5.74) is 0.962. The van der Waals surface area contributed by atoms with Crippen LogP contribution in [-0.2, 0) is 9.53 Å². The van der Waals surface area contributed by atoms with Crippen molar-refractivity contribution >= 4 is 28.0 Å². The molecule has 1 aromatic carbocycles. The SMILES string of the molecule is CCOC(=O)C(C)(Br)C(O)/C=C/c1ccccc1. The van der Waals surface area contributed by atoms with Crippen molar-refractivity contribution in [3.05, 3.63) is 42.0 Å². The fourth-order valence-corrected chi connectivity index (χ4v) is 1.61. The van der Waals surface area contributed by atoms with E-state index in [9.17, 15) is 9.90 Å². The molecule has 2 atom stereocenters. The molecule has 0 saturated carbocycles. The third kappa shape index (κ3) is 3.96. The molecule has 18 heavy (non-hydrogen) atoms. The standard InChI is InChI=1S/C14H17BrO3/c1-3-18-13(17)14(2,15)12(16)10-9-11-7-5-4-6-8-11/h4-10,12,16H,3H2,1-2H3/b10-9+. The molecule has 0 amide bonds. The van der Waals surface area contributed by atoms with Gasteiger partial charge in [0.2, 0.25) is 0 Å². The monoisotopic (exact) mass is 312 g/mol. The van der Waals surface area contributed by atoms with Crippen LogP contribution in [0.2, 0.25) is 0 Å². The summed E-state index contributed by atoms with van der Waals surface area (Å²) >= 11 is 3.21. The number of benzene rings is 1. The highest BCUT2D eigenvalue weighted by atomic mass is 79.9. The fraction of sp³-hybridized carbons (Fsp3) is 0.357. The average molecular weight is 313 g/mol. The Morgan fingerprint density at radius 2 is 2.11 bits per heavy atom. The van der Waals surface area contributed by atoms with Crippen molar-refractivity contribution in [2.75, 3.05) is 6.61 Å². The molecule has 4 heteroatoms. The van der Waals surface area contributed by atoms with E-state index in [1.807, 2.05) is 30.3 Å². The molecule has 0 spiro atoms. The molecule has 0 aliphatic heterocycles. The Morgan fingerprint density at radius 1 is 1.50 bits per heavy atom. The molecule has 0 saturated heterocycles. The third-order valence-corrected chi connectivity index (χ3v) is 3.29. The first-order valence-electron chi connectivity index (χ1n) is 5.76. The quantitative estimate of drug-likeness (QED) is 0.672. The molecular formula is C14H17BrO3. The van der Waals surface area contributed by atoms with Gasteiger partial charge in [0.05, 0.1) is 12.7 Å². The first-order valence-corrected chi connectivity index (χ1v) is 6.55. The van der Waals surface area contributed by atoms with Crippen LogP contribution in [-0.4, -0.2) is 28.1 Å². The zero-order valence-corrected chi connectivity index (χ0v) is 12.1. The molecule has 1 aromatic rings. The number of ether oxygens (including phenoxy) is 1. The van der Waals surface area contributed by atoms with Crippen LogP contribution < -0.4 is 0 Å². The van der Waals surface area contributed by atoms with Crippen LogP contribution in [0.5, 0.6) is 0 Å². The zero-order chi connectivity index (χ0) is 13.6. The molecular weight excluding hydrogens is 296 g/mol. The smallest absolute Gasteiger partial charge is 0.325 e. The number of carbonyl (C=O) groups excluding carboxylic acids is 1. The van der Waals surface area contributed by atoms with Crippen LogP contribution in [0.25, 0.3) is 6.08 Å². The highest BCUT2D eigenvalue weighted by Crippen LogP contribution is 2.25. The molecule has 3 nitrogen and oxygen atoms in total. The van der Waals surface area contributed by atoms with E-state index in [0.29, 0.717) is 0 Å². The summed E-state index contributed by atoms with van der Waals surface area (Å²) in [5.74, 6) is -0.477. The molecule has 1 rings (SSSR count). The Morgan fingerprint density at radius 3 is 2.67 bits per heavy atom. The van der Waals surface area contributed by atoms with Gasteiger partial charge in [-0.2, -0.15) is 0 Å². The summed E-state index contributed by atoms with van der Waals surface area (Å²) < 4.78 is 3.77. The molecule has 2 unspecified atom stereocenters. The van der Waals surface area contributed by atoms with Crippen molar-refractivity contribution in [2.24, 2.45) is 0 Å². The second-order valence-electron chi connectivity index (χ2n) is 4.01. The van der Waals surface area contributed by atoms with Crippen LogP contribution in [0.4, 0.5) is 0 Å². The fourth-order valence-electron chi connectivity index (χ4n) is 1.34. The number of aliphatic hydroxyl groups is 1. The number of hydrogen-bond acceptors (Lipinski definition) is 3. The summed E-state index contributed by atoms with van der Waals surface area (Å²) in [6.07, 6.45) is 2.38. The number of aliphatic hydroxyl groups excluding tert-OH is 1. The van der Waals surface area contributed by atoms with E-state index < -0.39 is 16.4 Å². The zero-order valence-electron chi connectivity index (χ0n) is 10.5. The van der Waals surface area contributed by atoms with Gasteiger partial charge in [0.1, 0.15) is 4.32 Å². The Hall–Kier alpha value is -1.13. The van der Waals surface area contributed by atoms with E-state index >= 15 is 0 Å². The maximum Gasteiger partial charge on any atom is 0.325 e. The highest BCUT2D eigenvalue weighted by Gasteiger charge is 2.38. The lowest BCUT2D eigenvalue weighted by molar-refractivity contribution is -0.147. The number of alkyl halides is 1. The molecule has 98 valence electrons. The number of rotatable bonds is 5. The van der Waals surface area contributed by atoms with Crippen LogP contribution in [0, 0.1) is 0 Å². The van der Waals surface area contributed by atoms with Crippen molar-refractivity contribution in [3.63, 3.8) is 0 Å². The summed E-state index contributed by atoms with van der Waals surface area (Å²) in [7, 11) is 0. The maximum absolute atomic E-state index is 11.7. The minimum atomic E-state index is -1.13. The van der Waals surface area contributed by atoms with Gasteiger partial charge < -0.3 is 9.84 Å². The van der Waals surface area contributed by atoms with Crippen molar-refractivity contribution < 1.29 is 14.6 Å². The molecule has 0 bridgehead atoms. The van der Waals surface area contributed by atoms with E-state index in [4.69, 9.17) is 4.74 Å². The third-order valence-electron chi connectivity index (χ3n) is 2.50. The number of esters is 1. The normalized spacial score (nSPS) is 16.2. The lowest BCUT2D eigenvalue weighted by atomic mass is 10.0. The van der Waals surface area contributed by atoms with E-state index in [0.717, 1.165) is 5.56 Å². The molecule has 0 aliphatic rings. The number of carbonyl (C=O) groups is 1. The summed E-state index contributed by atoms with van der Waals surface area (Å²) in [4.78, 5) is 11.7. The summed E-state index contributed by atoms with van der Waals surface area (Å²) in [5, 5.41) is 10.0. The molecule has 0 fully saturated rings. The van der Waals surface area contributed by atoms with Gasteiger partial charge in [-0.1, -0.05) is 58.4 Å². The van der Waals surface area contributed by atoms with Gasteiger partial charge in [0, 0.05) is 0 Å². The highest BCUT2D eigenvalue weighted by molar-refractivity contribution is 9.10. The molecule has 0 aromatic heterocycles. The minimum absolute atomic E-state index is 0.287. The molecule has 0 radical (unpaired) electrons. The van der Waals surface area contributed by atoms with E-state index in [-0.39, 0.29) is 6.61 Å². The molecule has 0 aliphatic carbocycles. The number of halogens is 1. The van der Waals surface area contributed by atoms with Crippen LogP contribution in [0.3, 0.4) is 0 Å². The van der Waals surface area contributed by atoms with E-state index in [1.54, 1.807) is 26.0 Å². The second-order valence-corrected chi connectivity index (χ2v) is 5.66. The Labute approximate surface area is 116 Å². The van der Waals surface area contributed by atoms with Crippen LogP contribution in [0.15, 0.2) is 36.4 Å². The van der Waals surface area contributed by atoms with Crippen LogP contribution >= 0.6 is 15.9 Å². The van der Waals surface area contributed by atoms with Crippen molar-refractivity contribution in [3.8, 4) is 0 Å². The first-order chi connectivity index (χ1) is 8.48. The first kappa shape index (κ1) is 14.9. The van der Waals surface area contributed by atoms with Crippen molar-refractivity contribution in [1.82, 2.24) is 0 Å². The van der Waals surface area contributed by atoms with Gasteiger partial charge in [-0.3, -0.25) is 4.79 Å². The van der Waals surface area contributed by atoms with E-state index in [1.165, 1.54) is 0 Å². The van der Waals surface area contributed by atoms with E-state index in [2.05, 4.69) is 15.9 Å². The van der Waals surface area contributed by atoms with Crippen LogP contribution in [0.1, 0.15) is 19.4 Å². The van der Waals surface area contributed by atoms with Gasteiger partial charge in [-0.15, -0.1) is 0 Å². The van der Waals surface area contributed by atoms with Gasteiger partial charge in [0.25, 0.3) is 0 Å².